The van der Waals surface area contributed by atoms with E-state index in [1.807, 2.05) is 0 Å². The Morgan fingerprint density at radius 3 is 2.75 bits per heavy atom. The van der Waals surface area contributed by atoms with Crippen LogP contribution in [-0.4, -0.2) is 12.6 Å². The molecule has 0 aromatic carbocycles. The van der Waals surface area contributed by atoms with Gasteiger partial charge in [-0.3, -0.25) is 4.79 Å². The topological polar surface area (TPSA) is 29.4 Å². The molecule has 8 heavy (non-hydrogen) atoms. The lowest BCUT2D eigenvalue weighted by atomic mass is 10.3. The molecule has 1 rings (SSSR count). The van der Waals surface area contributed by atoms with Crippen molar-refractivity contribution >= 4 is 12.6 Å². The van der Waals surface area contributed by atoms with Crippen LogP contribution in [0.15, 0.2) is 4.99 Å². The summed E-state index contributed by atoms with van der Waals surface area (Å²) in [6, 6.07) is 0. The Bertz CT molecular complexity index is 116. The van der Waals surface area contributed by atoms with E-state index in [9.17, 15) is 4.79 Å². The average Bonchev–Trinajstić information content (AvgIpc) is 2.50. The van der Waals surface area contributed by atoms with E-state index in [2.05, 4.69) is 11.7 Å². The summed E-state index contributed by atoms with van der Waals surface area (Å²) < 4.78 is 0. The van der Waals surface area contributed by atoms with E-state index in [1.165, 1.54) is 12.8 Å². The molecule has 0 atom stereocenters. The smallest absolute Gasteiger partial charge is 0.245 e. The summed E-state index contributed by atoms with van der Waals surface area (Å²) in [7, 11) is 0. The Kier molecular flexibility index (Phi) is 1.42. The summed E-state index contributed by atoms with van der Waals surface area (Å²) in [6.45, 7) is 3.14. The van der Waals surface area contributed by atoms with E-state index >= 15 is 0 Å². The lowest BCUT2D eigenvalue weighted by Crippen LogP contribution is -1.91. The van der Waals surface area contributed by atoms with Crippen LogP contribution in [0.3, 0.4) is 0 Å². The Morgan fingerprint density at radius 2 is 2.38 bits per heavy atom. The van der Waals surface area contributed by atoms with Crippen molar-refractivity contribution in [3.05, 3.63) is 0 Å². The summed E-state index contributed by atoms with van der Waals surface area (Å²) >= 11 is 0. The number of nitrogens with zero attached hydrogens (tertiary/aromatic N) is 1. The predicted octanol–water partition coefficient (Wildman–Crippen LogP) is 1.01. The van der Waals surface area contributed by atoms with Gasteiger partial charge in [0.05, 0.1) is 0 Å². The lowest BCUT2D eigenvalue weighted by Gasteiger charge is -1.85. The third-order valence-corrected chi connectivity index (χ3v) is 1.34. The molecular formula is C6H9NO. The van der Waals surface area contributed by atoms with Gasteiger partial charge >= 0.3 is 0 Å². The summed E-state index contributed by atoms with van der Waals surface area (Å²) in [4.78, 5) is 13.7. The fourth-order valence-electron chi connectivity index (χ4n) is 0.633. The van der Waals surface area contributed by atoms with E-state index in [0.29, 0.717) is 12.3 Å². The molecule has 0 aliphatic heterocycles. The molecule has 1 saturated carbocycles. The summed E-state index contributed by atoms with van der Waals surface area (Å²) in [5.74, 6) is 0.598. The number of carbonyl (C=O) groups excluding carboxylic acids is 1. The molecular weight excluding hydrogens is 102 g/mol. The first-order valence-electron chi connectivity index (χ1n) is 2.82. The second-order valence-corrected chi connectivity index (χ2v) is 2.20. The van der Waals surface area contributed by atoms with Crippen molar-refractivity contribution in [3.63, 3.8) is 0 Å². The van der Waals surface area contributed by atoms with Crippen molar-refractivity contribution in [1.29, 1.82) is 0 Å². The van der Waals surface area contributed by atoms with Gasteiger partial charge in [0.1, 0.15) is 0 Å². The highest BCUT2D eigenvalue weighted by Crippen LogP contribution is 2.32. The van der Waals surface area contributed by atoms with Crippen molar-refractivity contribution in [1.82, 2.24) is 0 Å². The molecule has 1 aliphatic rings. The average molecular weight is 111 g/mol. The minimum absolute atomic E-state index is 0.0486. The molecule has 1 aliphatic carbocycles. The van der Waals surface area contributed by atoms with Crippen LogP contribution >= 0.6 is 0 Å². The van der Waals surface area contributed by atoms with Gasteiger partial charge in [0.2, 0.25) is 5.91 Å². The van der Waals surface area contributed by atoms with Gasteiger partial charge in [-0.05, 0) is 25.5 Å². The number of rotatable bonds is 2. The molecule has 2 nitrogen and oxygen atoms in total. The number of hydrogen-bond acceptors (Lipinski definition) is 1. The molecule has 1 amide bonds. The van der Waals surface area contributed by atoms with E-state index in [-0.39, 0.29) is 5.91 Å². The first-order chi connectivity index (χ1) is 3.83. The van der Waals surface area contributed by atoms with Crippen molar-refractivity contribution in [2.75, 3.05) is 0 Å². The van der Waals surface area contributed by atoms with E-state index < -0.39 is 0 Å². The Hall–Kier alpha value is -0.660. The molecule has 2 heteroatoms. The normalized spacial score (nSPS) is 18.0. The van der Waals surface area contributed by atoms with Crippen molar-refractivity contribution in [3.8, 4) is 0 Å². The number of aliphatic imine (C=N–C) groups is 1. The third-order valence-electron chi connectivity index (χ3n) is 1.34. The predicted molar refractivity (Wildman–Crippen MR) is 31.9 cm³/mol. The molecule has 0 unspecified atom stereocenters. The van der Waals surface area contributed by atoms with Crippen LogP contribution in [0.5, 0.6) is 0 Å². The third kappa shape index (κ3) is 1.45. The van der Waals surface area contributed by atoms with Crippen molar-refractivity contribution in [2.45, 2.75) is 19.3 Å². The first kappa shape index (κ1) is 5.48. The molecule has 44 valence electrons. The van der Waals surface area contributed by atoms with Crippen LogP contribution in [0.1, 0.15) is 19.3 Å². The highest BCUT2D eigenvalue weighted by atomic mass is 16.1. The zero-order valence-electron chi connectivity index (χ0n) is 4.76. The molecule has 0 spiro atoms. The molecule has 0 saturated heterocycles. The number of amides is 1. The van der Waals surface area contributed by atoms with Gasteiger partial charge in [0.15, 0.2) is 0 Å². The highest BCUT2D eigenvalue weighted by Gasteiger charge is 2.23. The van der Waals surface area contributed by atoms with Gasteiger partial charge in [0.25, 0.3) is 0 Å². The fourth-order valence-corrected chi connectivity index (χ4v) is 0.633. The zero-order chi connectivity index (χ0) is 5.98. The zero-order valence-corrected chi connectivity index (χ0v) is 4.76. The van der Waals surface area contributed by atoms with Gasteiger partial charge in [-0.25, -0.2) is 4.99 Å². The van der Waals surface area contributed by atoms with Gasteiger partial charge in [0, 0.05) is 6.42 Å². The Morgan fingerprint density at radius 1 is 1.75 bits per heavy atom. The highest BCUT2D eigenvalue weighted by molar-refractivity contribution is 5.80. The Balaban J connectivity index is 2.16. The van der Waals surface area contributed by atoms with Crippen LogP contribution in [0.25, 0.3) is 0 Å². The maximum absolute atomic E-state index is 10.4. The van der Waals surface area contributed by atoms with Crippen LogP contribution in [-0.2, 0) is 4.79 Å². The lowest BCUT2D eigenvalue weighted by molar-refractivity contribution is -0.118. The minimum Gasteiger partial charge on any atom is -0.273 e. The van der Waals surface area contributed by atoms with Crippen LogP contribution < -0.4 is 0 Å². The van der Waals surface area contributed by atoms with Crippen LogP contribution in [0.2, 0.25) is 0 Å². The van der Waals surface area contributed by atoms with Crippen molar-refractivity contribution < 1.29 is 4.79 Å². The fraction of sp³-hybridized carbons (Fsp3) is 0.667. The van der Waals surface area contributed by atoms with E-state index in [0.717, 1.165) is 0 Å². The van der Waals surface area contributed by atoms with Gasteiger partial charge in [-0.15, -0.1) is 0 Å². The molecule has 0 bridgehead atoms. The maximum Gasteiger partial charge on any atom is 0.245 e. The van der Waals surface area contributed by atoms with Gasteiger partial charge < -0.3 is 0 Å². The molecule has 0 aromatic rings. The largest absolute Gasteiger partial charge is 0.273 e. The number of hydrogen-bond donors (Lipinski definition) is 0. The first-order valence-corrected chi connectivity index (χ1v) is 2.82. The van der Waals surface area contributed by atoms with Gasteiger partial charge in [-0.1, -0.05) is 0 Å². The van der Waals surface area contributed by atoms with Crippen molar-refractivity contribution in [2.24, 2.45) is 10.9 Å². The number of carbonyl (C=O) groups is 1. The summed E-state index contributed by atoms with van der Waals surface area (Å²) in [5.41, 5.74) is 0. The summed E-state index contributed by atoms with van der Waals surface area (Å²) in [5, 5.41) is 0. The minimum atomic E-state index is -0.0486. The van der Waals surface area contributed by atoms with E-state index in [4.69, 9.17) is 0 Å². The standard InChI is InChI=1S/C6H9NO/c1-7-6(8)4-5-2-3-5/h5H,1-4H2. The van der Waals surface area contributed by atoms with Gasteiger partial charge in [-0.2, -0.15) is 0 Å². The monoisotopic (exact) mass is 111 g/mol. The molecule has 0 radical (unpaired) electrons. The molecule has 0 heterocycles. The quantitative estimate of drug-likeness (QED) is 0.489. The molecule has 1 fully saturated rings. The Labute approximate surface area is 48.6 Å². The second kappa shape index (κ2) is 2.07. The SMILES string of the molecule is C=NC(=O)CC1CC1. The molecule has 0 N–H and O–H groups in total. The van der Waals surface area contributed by atoms with E-state index in [1.54, 1.807) is 0 Å². The van der Waals surface area contributed by atoms with Crippen LogP contribution in [0.4, 0.5) is 0 Å². The second-order valence-electron chi connectivity index (χ2n) is 2.20. The van der Waals surface area contributed by atoms with Crippen LogP contribution in [0, 0.1) is 5.92 Å². The molecule has 0 aromatic heterocycles. The maximum atomic E-state index is 10.4. The summed E-state index contributed by atoms with van der Waals surface area (Å²) in [6.07, 6.45) is 3.05.